The maximum absolute atomic E-state index is 14.0. The van der Waals surface area contributed by atoms with Crippen LogP contribution in [0.25, 0.3) is 0 Å². The van der Waals surface area contributed by atoms with Gasteiger partial charge in [-0.1, -0.05) is 0 Å². The third-order valence-electron chi connectivity index (χ3n) is 2.41. The Kier molecular flexibility index (Phi) is 2.61. The molecule has 3 nitrogen and oxygen atoms in total. The van der Waals surface area contributed by atoms with E-state index in [4.69, 9.17) is 4.74 Å². The van der Waals surface area contributed by atoms with Crippen LogP contribution in [-0.4, -0.2) is 24.2 Å². The van der Waals surface area contributed by atoms with Crippen LogP contribution in [0, 0.1) is 0 Å². The van der Waals surface area contributed by atoms with E-state index in [1.54, 1.807) is 18.5 Å². The predicted molar refractivity (Wildman–Crippen MR) is 55.7 cm³/mol. The number of aromatic nitrogens is 1. The average Bonchev–Trinajstić information content (AvgIpc) is 2.13. The fraction of sp³-hybridized carbons (Fsp3) is 0.545. The van der Waals surface area contributed by atoms with E-state index in [-0.39, 0.29) is 6.10 Å². The first-order valence-electron chi connectivity index (χ1n) is 5.12. The summed E-state index contributed by atoms with van der Waals surface area (Å²) in [5, 5.41) is 2.92. The summed E-state index contributed by atoms with van der Waals surface area (Å²) >= 11 is 0. The maximum atomic E-state index is 14.0. The summed E-state index contributed by atoms with van der Waals surface area (Å²) < 4.78 is 19.5. The van der Waals surface area contributed by atoms with Gasteiger partial charge in [0, 0.05) is 24.8 Å². The van der Waals surface area contributed by atoms with E-state index in [0.29, 0.717) is 24.4 Å². The summed E-state index contributed by atoms with van der Waals surface area (Å²) in [5.74, 6) is 0.631. The molecule has 1 fully saturated rings. The number of nitrogens with one attached hydrogen (secondary N) is 1. The van der Waals surface area contributed by atoms with Crippen molar-refractivity contribution in [3.63, 3.8) is 0 Å². The number of nitrogens with zero attached hydrogens (tertiary/aromatic N) is 1. The molecule has 1 aliphatic heterocycles. The molecule has 1 saturated heterocycles. The largest absolute Gasteiger partial charge is 0.489 e. The molecule has 0 aliphatic carbocycles. The van der Waals surface area contributed by atoms with Crippen LogP contribution in [0.3, 0.4) is 0 Å². The van der Waals surface area contributed by atoms with Crippen molar-refractivity contribution in [2.45, 2.75) is 25.6 Å². The third-order valence-corrected chi connectivity index (χ3v) is 2.41. The highest BCUT2D eigenvalue weighted by atomic mass is 19.1. The zero-order valence-electron chi connectivity index (χ0n) is 8.96. The molecule has 2 heterocycles. The number of hydrogen-bond donors (Lipinski definition) is 1. The highest BCUT2D eigenvalue weighted by Crippen LogP contribution is 2.31. The summed E-state index contributed by atoms with van der Waals surface area (Å²) in [6.07, 6.45) is 3.25. The molecule has 4 heteroatoms. The first-order chi connectivity index (χ1) is 7.10. The van der Waals surface area contributed by atoms with Crippen LogP contribution in [-0.2, 0) is 5.67 Å². The van der Waals surface area contributed by atoms with Crippen LogP contribution in [0.2, 0.25) is 0 Å². The zero-order chi connectivity index (χ0) is 10.9. The van der Waals surface area contributed by atoms with Gasteiger partial charge >= 0.3 is 0 Å². The Morgan fingerprint density at radius 1 is 1.47 bits per heavy atom. The summed E-state index contributed by atoms with van der Waals surface area (Å²) in [6.45, 7) is 4.59. The second-order valence-electron chi connectivity index (χ2n) is 4.14. The number of hydrogen-bond acceptors (Lipinski definition) is 3. The lowest BCUT2D eigenvalue weighted by Gasteiger charge is -2.35. The van der Waals surface area contributed by atoms with Crippen molar-refractivity contribution >= 4 is 0 Å². The van der Waals surface area contributed by atoms with Crippen molar-refractivity contribution in [2.24, 2.45) is 0 Å². The normalized spacial score (nSPS) is 18.7. The number of pyridine rings is 1. The molecule has 1 aliphatic rings. The van der Waals surface area contributed by atoms with Gasteiger partial charge in [-0.15, -0.1) is 0 Å². The number of ether oxygens (including phenoxy) is 1. The van der Waals surface area contributed by atoms with Crippen molar-refractivity contribution in [3.05, 3.63) is 24.0 Å². The van der Waals surface area contributed by atoms with E-state index >= 15 is 0 Å². The standard InChI is InChI=1S/C11H15FN2O/c1-8(2)15-10-3-9(4-13-5-10)11(12)6-14-7-11/h3-5,8,14H,6-7H2,1-2H3. The highest BCUT2D eigenvalue weighted by molar-refractivity contribution is 5.30. The monoisotopic (exact) mass is 210 g/mol. The van der Waals surface area contributed by atoms with Crippen molar-refractivity contribution in [1.82, 2.24) is 10.3 Å². The van der Waals surface area contributed by atoms with Crippen LogP contribution >= 0.6 is 0 Å². The van der Waals surface area contributed by atoms with Crippen molar-refractivity contribution in [3.8, 4) is 5.75 Å². The van der Waals surface area contributed by atoms with E-state index in [9.17, 15) is 4.39 Å². The second kappa shape index (κ2) is 3.77. The topological polar surface area (TPSA) is 34.1 Å². The summed E-state index contributed by atoms with van der Waals surface area (Å²) in [7, 11) is 0. The Bertz CT molecular complexity index is 350. The van der Waals surface area contributed by atoms with Gasteiger partial charge < -0.3 is 10.1 Å². The SMILES string of the molecule is CC(C)Oc1cncc(C2(F)CNC2)c1. The van der Waals surface area contributed by atoms with Crippen molar-refractivity contribution in [1.29, 1.82) is 0 Å². The zero-order valence-corrected chi connectivity index (χ0v) is 8.96. The van der Waals surface area contributed by atoms with Gasteiger partial charge in [-0.3, -0.25) is 4.98 Å². The lowest BCUT2D eigenvalue weighted by molar-refractivity contribution is 0.0881. The van der Waals surface area contributed by atoms with Gasteiger partial charge in [0.1, 0.15) is 5.75 Å². The molecule has 1 N–H and O–H groups in total. The van der Waals surface area contributed by atoms with Crippen LogP contribution in [0.1, 0.15) is 19.4 Å². The Balaban J connectivity index is 2.19. The smallest absolute Gasteiger partial charge is 0.162 e. The Hall–Kier alpha value is -1.16. The first-order valence-corrected chi connectivity index (χ1v) is 5.12. The molecule has 0 radical (unpaired) electrons. The maximum Gasteiger partial charge on any atom is 0.162 e. The van der Waals surface area contributed by atoms with E-state index in [2.05, 4.69) is 10.3 Å². The van der Waals surface area contributed by atoms with Gasteiger partial charge in [0.05, 0.1) is 12.3 Å². The molecule has 0 amide bonds. The molecule has 82 valence electrons. The summed E-state index contributed by atoms with van der Waals surface area (Å²) in [5.41, 5.74) is -0.664. The number of halogens is 1. The van der Waals surface area contributed by atoms with Crippen molar-refractivity contribution in [2.75, 3.05) is 13.1 Å². The van der Waals surface area contributed by atoms with Crippen LogP contribution in [0.15, 0.2) is 18.5 Å². The Morgan fingerprint density at radius 2 is 2.20 bits per heavy atom. The third kappa shape index (κ3) is 2.09. The van der Waals surface area contributed by atoms with Crippen LogP contribution < -0.4 is 10.1 Å². The average molecular weight is 210 g/mol. The van der Waals surface area contributed by atoms with Gasteiger partial charge in [0.2, 0.25) is 0 Å². The molecule has 0 saturated carbocycles. The fourth-order valence-corrected chi connectivity index (χ4v) is 1.55. The van der Waals surface area contributed by atoms with Crippen LogP contribution in [0.5, 0.6) is 5.75 Å². The van der Waals surface area contributed by atoms with Crippen LogP contribution in [0.4, 0.5) is 4.39 Å². The molecule has 0 spiro atoms. The van der Waals surface area contributed by atoms with Gasteiger partial charge in [-0.25, -0.2) is 4.39 Å². The molecule has 0 unspecified atom stereocenters. The lowest BCUT2D eigenvalue weighted by Crippen LogP contribution is -2.53. The van der Waals surface area contributed by atoms with Gasteiger partial charge in [0.25, 0.3) is 0 Å². The van der Waals surface area contributed by atoms with E-state index in [1.807, 2.05) is 13.8 Å². The quantitative estimate of drug-likeness (QED) is 0.823. The Morgan fingerprint density at radius 3 is 2.73 bits per heavy atom. The highest BCUT2D eigenvalue weighted by Gasteiger charge is 2.39. The molecule has 1 aromatic heterocycles. The fourth-order valence-electron chi connectivity index (χ4n) is 1.55. The van der Waals surface area contributed by atoms with E-state index < -0.39 is 5.67 Å². The van der Waals surface area contributed by atoms with E-state index in [0.717, 1.165) is 0 Å². The molecule has 0 bridgehead atoms. The minimum absolute atomic E-state index is 0.0807. The van der Waals surface area contributed by atoms with Crippen molar-refractivity contribution < 1.29 is 9.13 Å². The summed E-state index contributed by atoms with van der Waals surface area (Å²) in [4.78, 5) is 3.99. The minimum atomic E-state index is -1.26. The molecule has 15 heavy (non-hydrogen) atoms. The summed E-state index contributed by atoms with van der Waals surface area (Å²) in [6, 6.07) is 1.73. The van der Waals surface area contributed by atoms with Gasteiger partial charge in [-0.05, 0) is 19.9 Å². The predicted octanol–water partition coefficient (Wildman–Crippen LogP) is 1.64. The number of alkyl halides is 1. The van der Waals surface area contributed by atoms with E-state index in [1.165, 1.54) is 0 Å². The molecule has 1 aromatic rings. The second-order valence-corrected chi connectivity index (χ2v) is 4.14. The molecular formula is C11H15FN2O. The minimum Gasteiger partial charge on any atom is -0.489 e. The molecule has 0 atom stereocenters. The Labute approximate surface area is 88.7 Å². The molecule has 2 rings (SSSR count). The lowest BCUT2D eigenvalue weighted by atomic mass is 9.91. The van der Waals surface area contributed by atoms with Gasteiger partial charge in [-0.2, -0.15) is 0 Å². The van der Waals surface area contributed by atoms with Gasteiger partial charge in [0.15, 0.2) is 5.67 Å². The number of rotatable bonds is 3. The molecule has 0 aromatic carbocycles. The first kappa shape index (κ1) is 10.4. The molecular weight excluding hydrogens is 195 g/mol.